The Balaban J connectivity index is 1.70. The normalized spacial score (nSPS) is 10.3. The van der Waals surface area contributed by atoms with Gasteiger partial charge in [0.05, 0.1) is 18.0 Å². The molecule has 27 heavy (non-hydrogen) atoms. The van der Waals surface area contributed by atoms with E-state index in [1.165, 1.54) is 18.2 Å². The second kappa shape index (κ2) is 8.22. The van der Waals surface area contributed by atoms with Gasteiger partial charge in [-0.25, -0.2) is 8.78 Å². The molecule has 0 bridgehead atoms. The first kappa shape index (κ1) is 18.2. The van der Waals surface area contributed by atoms with Crippen molar-refractivity contribution in [2.45, 2.75) is 6.92 Å². The Labute approximate surface area is 154 Å². The van der Waals surface area contributed by atoms with Crippen LogP contribution in [0.3, 0.4) is 0 Å². The molecule has 6 nitrogen and oxygen atoms in total. The highest BCUT2D eigenvalue weighted by molar-refractivity contribution is 6.03. The molecular formula is C19H16F2N4O2. The van der Waals surface area contributed by atoms with Crippen molar-refractivity contribution >= 4 is 23.1 Å². The first-order valence-corrected chi connectivity index (χ1v) is 8.16. The summed E-state index contributed by atoms with van der Waals surface area (Å²) in [6, 6.07) is 13.1. The Morgan fingerprint density at radius 3 is 2.56 bits per heavy atom. The standard InChI is InChI=1S/C19H16F2N4O2/c1-2-27-17-6-4-3-5-15(17)23-19(26)16-9-10-18(25-24-16)22-14-8-7-12(20)11-13(14)21/h3-11H,2H2,1H3,(H,22,25)(H,23,26). The van der Waals surface area contributed by atoms with E-state index in [0.29, 0.717) is 18.0 Å². The van der Waals surface area contributed by atoms with E-state index in [1.807, 2.05) is 6.92 Å². The molecule has 2 aromatic carbocycles. The van der Waals surface area contributed by atoms with E-state index in [2.05, 4.69) is 20.8 Å². The SMILES string of the molecule is CCOc1ccccc1NC(=O)c1ccc(Nc2ccc(F)cc2F)nn1. The molecule has 1 heterocycles. The highest BCUT2D eigenvalue weighted by atomic mass is 19.1. The monoisotopic (exact) mass is 370 g/mol. The van der Waals surface area contributed by atoms with Gasteiger partial charge in [-0.1, -0.05) is 12.1 Å². The minimum absolute atomic E-state index is 0.0496. The highest BCUT2D eigenvalue weighted by Gasteiger charge is 2.12. The second-order valence-corrected chi connectivity index (χ2v) is 5.44. The Hall–Kier alpha value is -3.55. The quantitative estimate of drug-likeness (QED) is 0.682. The molecule has 8 heteroatoms. The van der Waals surface area contributed by atoms with Gasteiger partial charge in [-0.05, 0) is 43.3 Å². The summed E-state index contributed by atoms with van der Waals surface area (Å²) in [6.45, 7) is 2.31. The van der Waals surface area contributed by atoms with Gasteiger partial charge >= 0.3 is 0 Å². The zero-order chi connectivity index (χ0) is 19.2. The maximum Gasteiger partial charge on any atom is 0.276 e. The van der Waals surface area contributed by atoms with Crippen LogP contribution in [-0.2, 0) is 0 Å². The largest absolute Gasteiger partial charge is 0.492 e. The van der Waals surface area contributed by atoms with Gasteiger partial charge in [0, 0.05) is 6.07 Å². The fraction of sp³-hybridized carbons (Fsp3) is 0.105. The Bertz CT molecular complexity index is 949. The first-order chi connectivity index (χ1) is 13.1. The number of rotatable bonds is 6. The van der Waals surface area contributed by atoms with Gasteiger partial charge in [-0.2, -0.15) is 0 Å². The molecule has 0 aliphatic carbocycles. The Morgan fingerprint density at radius 2 is 1.85 bits per heavy atom. The van der Waals surface area contributed by atoms with Crippen molar-refractivity contribution in [3.8, 4) is 5.75 Å². The van der Waals surface area contributed by atoms with E-state index in [-0.39, 0.29) is 17.2 Å². The molecule has 0 radical (unpaired) electrons. The van der Waals surface area contributed by atoms with Crippen LogP contribution < -0.4 is 15.4 Å². The summed E-state index contributed by atoms with van der Waals surface area (Å²) < 4.78 is 32.1. The zero-order valence-electron chi connectivity index (χ0n) is 14.4. The number of halogens is 2. The van der Waals surface area contributed by atoms with Gasteiger partial charge < -0.3 is 15.4 Å². The topological polar surface area (TPSA) is 76.1 Å². The maximum absolute atomic E-state index is 13.7. The lowest BCUT2D eigenvalue weighted by Gasteiger charge is -2.11. The smallest absolute Gasteiger partial charge is 0.276 e. The van der Waals surface area contributed by atoms with Crippen molar-refractivity contribution in [3.05, 3.63) is 71.9 Å². The average Bonchev–Trinajstić information content (AvgIpc) is 2.66. The third-order valence-corrected chi connectivity index (χ3v) is 3.53. The van der Waals surface area contributed by atoms with Crippen molar-refractivity contribution in [1.29, 1.82) is 0 Å². The van der Waals surface area contributed by atoms with Gasteiger partial charge in [0.15, 0.2) is 11.5 Å². The van der Waals surface area contributed by atoms with Gasteiger partial charge in [-0.15, -0.1) is 10.2 Å². The summed E-state index contributed by atoms with van der Waals surface area (Å²) >= 11 is 0. The first-order valence-electron chi connectivity index (χ1n) is 8.16. The molecule has 2 N–H and O–H groups in total. The molecule has 138 valence electrons. The Kier molecular flexibility index (Phi) is 5.55. The van der Waals surface area contributed by atoms with Crippen molar-refractivity contribution in [1.82, 2.24) is 10.2 Å². The molecule has 0 saturated heterocycles. The van der Waals surface area contributed by atoms with Crippen molar-refractivity contribution < 1.29 is 18.3 Å². The number of ether oxygens (including phenoxy) is 1. The molecule has 0 fully saturated rings. The number of aromatic nitrogens is 2. The van der Waals surface area contributed by atoms with Gasteiger partial charge in [0.2, 0.25) is 0 Å². The number of hydrogen-bond donors (Lipinski definition) is 2. The predicted molar refractivity (Wildman–Crippen MR) is 97.2 cm³/mol. The summed E-state index contributed by atoms with van der Waals surface area (Å²) in [5.74, 6) is -1.14. The fourth-order valence-corrected chi connectivity index (χ4v) is 2.29. The van der Waals surface area contributed by atoms with E-state index in [4.69, 9.17) is 4.74 Å². The molecule has 0 atom stereocenters. The second-order valence-electron chi connectivity index (χ2n) is 5.44. The number of hydrogen-bond acceptors (Lipinski definition) is 5. The van der Waals surface area contributed by atoms with Gasteiger partial charge in [-0.3, -0.25) is 4.79 Å². The minimum Gasteiger partial charge on any atom is -0.492 e. The Morgan fingerprint density at radius 1 is 1.04 bits per heavy atom. The predicted octanol–water partition coefficient (Wildman–Crippen LogP) is 4.15. The summed E-state index contributed by atoms with van der Waals surface area (Å²) in [7, 11) is 0. The van der Waals surface area contributed by atoms with E-state index >= 15 is 0 Å². The molecule has 3 aromatic rings. The summed E-state index contributed by atoms with van der Waals surface area (Å²) in [5.41, 5.74) is 0.640. The van der Waals surface area contributed by atoms with E-state index in [0.717, 1.165) is 12.1 Å². The molecule has 0 saturated carbocycles. The summed E-state index contributed by atoms with van der Waals surface area (Å²) in [5, 5.41) is 13.1. The highest BCUT2D eigenvalue weighted by Crippen LogP contribution is 2.24. The van der Waals surface area contributed by atoms with Gasteiger partial charge in [0.1, 0.15) is 17.4 Å². The number of carbonyl (C=O) groups is 1. The van der Waals surface area contributed by atoms with Crippen LogP contribution in [0.5, 0.6) is 5.75 Å². The maximum atomic E-state index is 13.7. The molecular weight excluding hydrogens is 354 g/mol. The third-order valence-electron chi connectivity index (χ3n) is 3.53. The van der Waals surface area contributed by atoms with E-state index in [9.17, 15) is 13.6 Å². The van der Waals surface area contributed by atoms with Crippen LogP contribution in [0.25, 0.3) is 0 Å². The zero-order valence-corrected chi connectivity index (χ0v) is 14.4. The number of benzene rings is 2. The van der Waals surface area contributed by atoms with Crippen LogP contribution in [0.1, 0.15) is 17.4 Å². The van der Waals surface area contributed by atoms with Crippen molar-refractivity contribution in [2.75, 3.05) is 17.2 Å². The summed E-state index contributed by atoms with van der Waals surface area (Å²) in [4.78, 5) is 12.3. The molecule has 0 unspecified atom stereocenters. The van der Waals surface area contributed by atoms with Crippen LogP contribution in [-0.4, -0.2) is 22.7 Å². The van der Waals surface area contributed by atoms with E-state index < -0.39 is 17.5 Å². The van der Waals surface area contributed by atoms with Crippen molar-refractivity contribution in [2.24, 2.45) is 0 Å². The third kappa shape index (κ3) is 4.55. The number of amides is 1. The van der Waals surface area contributed by atoms with Crippen LogP contribution in [0.4, 0.5) is 26.0 Å². The van der Waals surface area contributed by atoms with Crippen LogP contribution in [0, 0.1) is 11.6 Å². The molecule has 0 spiro atoms. The van der Waals surface area contributed by atoms with Crippen molar-refractivity contribution in [3.63, 3.8) is 0 Å². The fourth-order valence-electron chi connectivity index (χ4n) is 2.29. The summed E-state index contributed by atoms with van der Waals surface area (Å²) in [6.07, 6.45) is 0. The number of nitrogens with zero attached hydrogens (tertiary/aromatic N) is 2. The molecule has 3 rings (SSSR count). The number of carbonyl (C=O) groups excluding carboxylic acids is 1. The number of para-hydroxylation sites is 2. The van der Waals surface area contributed by atoms with E-state index in [1.54, 1.807) is 24.3 Å². The molecule has 0 aliphatic rings. The molecule has 0 aliphatic heterocycles. The minimum atomic E-state index is -0.758. The number of anilines is 3. The van der Waals surface area contributed by atoms with Crippen LogP contribution in [0.15, 0.2) is 54.6 Å². The molecule has 1 aromatic heterocycles. The lowest BCUT2D eigenvalue weighted by atomic mass is 10.2. The average molecular weight is 370 g/mol. The van der Waals surface area contributed by atoms with Crippen LogP contribution in [0.2, 0.25) is 0 Å². The van der Waals surface area contributed by atoms with Gasteiger partial charge in [0.25, 0.3) is 5.91 Å². The molecule has 1 amide bonds. The van der Waals surface area contributed by atoms with Crippen LogP contribution >= 0.6 is 0 Å². The lowest BCUT2D eigenvalue weighted by Crippen LogP contribution is -2.15. The number of nitrogens with one attached hydrogen (secondary N) is 2. The lowest BCUT2D eigenvalue weighted by molar-refractivity contribution is 0.102.